The van der Waals surface area contributed by atoms with Gasteiger partial charge in [-0.2, -0.15) is 4.98 Å². The second-order valence-electron chi connectivity index (χ2n) is 3.37. The number of rotatable bonds is 2. The molecule has 0 atom stereocenters. The summed E-state index contributed by atoms with van der Waals surface area (Å²) in [7, 11) is 0. The number of halogens is 2. The molecule has 0 saturated heterocycles. The van der Waals surface area contributed by atoms with Gasteiger partial charge in [0, 0.05) is 8.95 Å². The molecule has 0 aliphatic rings. The van der Waals surface area contributed by atoms with E-state index in [9.17, 15) is 4.79 Å². The third-order valence-corrected chi connectivity index (χ3v) is 3.16. The molecule has 0 radical (unpaired) electrons. The predicted octanol–water partition coefficient (Wildman–Crippen LogP) is 3.76. The summed E-state index contributed by atoms with van der Waals surface area (Å²) in [6, 6.07) is 5.50. The van der Waals surface area contributed by atoms with Crippen LogP contribution in [0.4, 0.5) is 6.01 Å². The summed E-state index contributed by atoms with van der Waals surface area (Å²) in [4.78, 5) is 15.9. The van der Waals surface area contributed by atoms with Crippen molar-refractivity contribution < 1.29 is 9.21 Å². The monoisotopic (exact) mass is 358 g/mol. The minimum atomic E-state index is -0.272. The highest BCUT2D eigenvalue weighted by Gasteiger charge is 2.12. The Morgan fingerprint density at radius 1 is 1.41 bits per heavy atom. The number of oxazole rings is 1. The molecule has 1 aromatic carbocycles. The van der Waals surface area contributed by atoms with Crippen LogP contribution in [0.2, 0.25) is 0 Å². The lowest BCUT2D eigenvalue weighted by Gasteiger charge is -2.03. The van der Waals surface area contributed by atoms with Gasteiger partial charge in [0.15, 0.2) is 0 Å². The second kappa shape index (κ2) is 5.01. The molecule has 0 fully saturated rings. The topological polar surface area (TPSA) is 55.1 Å². The molecule has 6 heteroatoms. The molecule has 1 amide bonds. The van der Waals surface area contributed by atoms with Gasteiger partial charge >= 0.3 is 6.01 Å². The van der Waals surface area contributed by atoms with Crippen molar-refractivity contribution in [3.05, 3.63) is 44.7 Å². The second-order valence-corrected chi connectivity index (χ2v) is 5.14. The Balaban J connectivity index is 2.20. The van der Waals surface area contributed by atoms with E-state index in [1.165, 1.54) is 6.26 Å². The van der Waals surface area contributed by atoms with Crippen LogP contribution in [0.25, 0.3) is 0 Å². The normalized spacial score (nSPS) is 10.3. The van der Waals surface area contributed by atoms with Crippen molar-refractivity contribution in [2.75, 3.05) is 5.32 Å². The van der Waals surface area contributed by atoms with Crippen LogP contribution < -0.4 is 5.32 Å². The Morgan fingerprint density at radius 3 is 2.76 bits per heavy atom. The van der Waals surface area contributed by atoms with Crippen molar-refractivity contribution in [3.8, 4) is 0 Å². The van der Waals surface area contributed by atoms with Gasteiger partial charge in [-0.15, -0.1) is 0 Å². The Labute approximate surface area is 115 Å². The Kier molecular flexibility index (Phi) is 3.63. The molecular formula is C11H8Br2N2O2. The highest BCUT2D eigenvalue weighted by atomic mass is 79.9. The molecular weight excluding hydrogens is 352 g/mol. The van der Waals surface area contributed by atoms with Crippen LogP contribution in [-0.2, 0) is 0 Å². The molecule has 1 N–H and O–H groups in total. The first-order valence-electron chi connectivity index (χ1n) is 4.75. The van der Waals surface area contributed by atoms with Crippen molar-refractivity contribution in [1.29, 1.82) is 0 Å². The summed E-state index contributed by atoms with van der Waals surface area (Å²) in [5, 5.41) is 2.58. The molecule has 0 aliphatic heterocycles. The molecule has 0 unspecified atom stereocenters. The SMILES string of the molecule is Cc1coc(NC(=O)c2ccc(Br)cc2Br)n1. The summed E-state index contributed by atoms with van der Waals surface area (Å²) in [5.74, 6) is -0.272. The van der Waals surface area contributed by atoms with Crippen LogP contribution in [0.15, 0.2) is 37.8 Å². The zero-order valence-electron chi connectivity index (χ0n) is 8.83. The van der Waals surface area contributed by atoms with E-state index in [1.807, 2.05) is 0 Å². The van der Waals surface area contributed by atoms with Gasteiger partial charge in [0.1, 0.15) is 6.26 Å². The summed E-state index contributed by atoms with van der Waals surface area (Å²) in [5.41, 5.74) is 1.24. The molecule has 1 heterocycles. The van der Waals surface area contributed by atoms with Gasteiger partial charge in [-0.3, -0.25) is 10.1 Å². The lowest BCUT2D eigenvalue weighted by molar-refractivity contribution is 0.102. The highest BCUT2D eigenvalue weighted by Crippen LogP contribution is 2.22. The zero-order chi connectivity index (χ0) is 12.4. The summed E-state index contributed by atoms with van der Waals surface area (Å²) < 4.78 is 6.65. The number of benzene rings is 1. The summed E-state index contributed by atoms with van der Waals surface area (Å²) in [6.45, 7) is 1.79. The van der Waals surface area contributed by atoms with E-state index in [0.29, 0.717) is 10.0 Å². The fourth-order valence-electron chi connectivity index (χ4n) is 1.25. The standard InChI is InChI=1S/C11H8Br2N2O2/c1-6-5-17-11(14-6)15-10(16)8-3-2-7(12)4-9(8)13/h2-5H,1H3,(H,14,15,16). The molecule has 1 aromatic heterocycles. The van der Waals surface area contributed by atoms with Crippen molar-refractivity contribution in [1.82, 2.24) is 4.98 Å². The van der Waals surface area contributed by atoms with Crippen molar-refractivity contribution >= 4 is 43.8 Å². The maximum absolute atomic E-state index is 11.9. The molecule has 0 saturated carbocycles. The van der Waals surface area contributed by atoms with Crippen molar-refractivity contribution in [3.63, 3.8) is 0 Å². The van der Waals surface area contributed by atoms with Gasteiger partial charge in [-0.25, -0.2) is 0 Å². The number of anilines is 1. The van der Waals surface area contributed by atoms with Gasteiger partial charge in [0.25, 0.3) is 5.91 Å². The third-order valence-electron chi connectivity index (χ3n) is 2.02. The summed E-state index contributed by atoms with van der Waals surface area (Å²) >= 11 is 6.65. The van der Waals surface area contributed by atoms with E-state index in [4.69, 9.17) is 4.42 Å². The van der Waals surface area contributed by atoms with E-state index in [1.54, 1.807) is 25.1 Å². The van der Waals surface area contributed by atoms with Gasteiger partial charge in [-0.1, -0.05) is 15.9 Å². The molecule has 2 rings (SSSR count). The zero-order valence-corrected chi connectivity index (χ0v) is 12.0. The smallest absolute Gasteiger partial charge is 0.301 e. The van der Waals surface area contributed by atoms with Crippen LogP contribution in [0.1, 0.15) is 16.1 Å². The molecule has 88 valence electrons. The minimum absolute atomic E-state index is 0.197. The molecule has 4 nitrogen and oxygen atoms in total. The number of aromatic nitrogens is 1. The maximum atomic E-state index is 11.9. The van der Waals surface area contributed by atoms with E-state index in [0.717, 1.165) is 10.2 Å². The maximum Gasteiger partial charge on any atom is 0.301 e. The first kappa shape index (κ1) is 12.3. The van der Waals surface area contributed by atoms with Crippen LogP contribution in [0, 0.1) is 6.92 Å². The average molecular weight is 360 g/mol. The lowest BCUT2D eigenvalue weighted by atomic mass is 10.2. The average Bonchev–Trinajstić information content (AvgIpc) is 2.63. The number of hydrogen-bond acceptors (Lipinski definition) is 3. The Hall–Kier alpha value is -1.14. The fraction of sp³-hybridized carbons (Fsp3) is 0.0909. The number of carbonyl (C=O) groups is 1. The number of aryl methyl sites for hydroxylation is 1. The number of nitrogens with zero attached hydrogens (tertiary/aromatic N) is 1. The minimum Gasteiger partial charge on any atom is -0.432 e. The highest BCUT2D eigenvalue weighted by molar-refractivity contribution is 9.11. The van der Waals surface area contributed by atoms with Crippen LogP contribution >= 0.6 is 31.9 Å². The number of hydrogen-bond donors (Lipinski definition) is 1. The van der Waals surface area contributed by atoms with Crippen LogP contribution in [0.3, 0.4) is 0 Å². The van der Waals surface area contributed by atoms with Crippen molar-refractivity contribution in [2.24, 2.45) is 0 Å². The largest absolute Gasteiger partial charge is 0.432 e. The molecule has 0 bridgehead atoms. The van der Waals surface area contributed by atoms with Gasteiger partial charge < -0.3 is 4.42 Å². The van der Waals surface area contributed by atoms with Gasteiger partial charge in [-0.05, 0) is 41.1 Å². The van der Waals surface area contributed by atoms with E-state index >= 15 is 0 Å². The first-order chi connectivity index (χ1) is 8.06. The Bertz CT molecular complexity index is 566. The fourth-order valence-corrected chi connectivity index (χ4v) is 2.48. The van der Waals surface area contributed by atoms with Crippen molar-refractivity contribution in [2.45, 2.75) is 6.92 Å². The van der Waals surface area contributed by atoms with Gasteiger partial charge in [0.05, 0.1) is 11.3 Å². The quantitative estimate of drug-likeness (QED) is 0.888. The molecule has 0 spiro atoms. The molecule has 17 heavy (non-hydrogen) atoms. The summed E-state index contributed by atoms with van der Waals surface area (Å²) in [6.07, 6.45) is 1.48. The number of amides is 1. The molecule has 0 aliphatic carbocycles. The van der Waals surface area contributed by atoms with Gasteiger partial charge in [0.2, 0.25) is 0 Å². The van der Waals surface area contributed by atoms with Crippen LogP contribution in [0.5, 0.6) is 0 Å². The third kappa shape index (κ3) is 2.95. The first-order valence-corrected chi connectivity index (χ1v) is 6.33. The predicted molar refractivity (Wildman–Crippen MR) is 71.0 cm³/mol. The Morgan fingerprint density at radius 2 is 2.18 bits per heavy atom. The van der Waals surface area contributed by atoms with E-state index < -0.39 is 0 Å². The number of carbonyl (C=O) groups excluding carboxylic acids is 1. The lowest BCUT2D eigenvalue weighted by Crippen LogP contribution is -2.12. The van der Waals surface area contributed by atoms with E-state index in [-0.39, 0.29) is 11.9 Å². The van der Waals surface area contributed by atoms with Crippen LogP contribution in [-0.4, -0.2) is 10.9 Å². The molecule has 2 aromatic rings. The van der Waals surface area contributed by atoms with E-state index in [2.05, 4.69) is 42.2 Å². The number of nitrogens with one attached hydrogen (secondary N) is 1.